The summed E-state index contributed by atoms with van der Waals surface area (Å²) in [7, 11) is 3.03. The van der Waals surface area contributed by atoms with Crippen LogP contribution in [0.15, 0.2) is 46.6 Å². The Morgan fingerprint density at radius 3 is 2.37 bits per heavy atom. The first-order chi connectivity index (χ1) is 12.9. The highest BCUT2D eigenvalue weighted by Crippen LogP contribution is 2.34. The van der Waals surface area contributed by atoms with Crippen molar-refractivity contribution < 1.29 is 23.5 Å². The number of hydrogen-bond donors (Lipinski definition) is 1. The van der Waals surface area contributed by atoms with E-state index in [2.05, 4.69) is 21.2 Å². The standard InChI is InChI=1S/C19H16BrFN2O4/c1-26-16-8-12(14(20)9-17(16)27-2)7-15-18(24)23(19(25)22-15)10-11-3-5-13(21)6-4-11/h3-9H,10H2,1-2H3,(H,22,25)/b15-7+. The van der Waals surface area contributed by atoms with Crippen molar-refractivity contribution in [3.63, 3.8) is 0 Å². The van der Waals surface area contributed by atoms with Gasteiger partial charge in [-0.05, 0) is 41.5 Å². The minimum atomic E-state index is -0.535. The summed E-state index contributed by atoms with van der Waals surface area (Å²) in [4.78, 5) is 25.9. The smallest absolute Gasteiger partial charge is 0.329 e. The molecule has 0 bridgehead atoms. The van der Waals surface area contributed by atoms with Crippen molar-refractivity contribution in [3.8, 4) is 11.5 Å². The van der Waals surface area contributed by atoms with Crippen molar-refractivity contribution >= 4 is 33.9 Å². The van der Waals surface area contributed by atoms with E-state index < -0.39 is 11.9 Å². The van der Waals surface area contributed by atoms with Crippen molar-refractivity contribution in [3.05, 3.63) is 63.5 Å². The average Bonchev–Trinajstić information content (AvgIpc) is 2.92. The third-order valence-electron chi connectivity index (χ3n) is 4.02. The quantitative estimate of drug-likeness (QED) is 0.575. The fraction of sp³-hybridized carbons (Fsp3) is 0.158. The number of urea groups is 1. The molecule has 2 aromatic carbocycles. The number of hydrogen-bond acceptors (Lipinski definition) is 4. The van der Waals surface area contributed by atoms with Gasteiger partial charge in [0, 0.05) is 4.47 Å². The predicted molar refractivity (Wildman–Crippen MR) is 101 cm³/mol. The third-order valence-corrected chi connectivity index (χ3v) is 4.71. The Kier molecular flexibility index (Phi) is 5.46. The molecule has 27 heavy (non-hydrogen) atoms. The number of benzene rings is 2. The Bertz CT molecular complexity index is 928. The molecule has 0 unspecified atom stereocenters. The first-order valence-corrected chi connectivity index (χ1v) is 8.72. The SMILES string of the molecule is COc1cc(Br)c(/C=C2/NC(=O)N(Cc3ccc(F)cc3)C2=O)cc1OC. The van der Waals surface area contributed by atoms with E-state index in [-0.39, 0.29) is 18.1 Å². The normalized spacial score (nSPS) is 15.3. The van der Waals surface area contributed by atoms with Crippen LogP contribution in [0.1, 0.15) is 11.1 Å². The van der Waals surface area contributed by atoms with Gasteiger partial charge in [0.25, 0.3) is 5.91 Å². The molecule has 1 aliphatic rings. The molecule has 2 aromatic rings. The van der Waals surface area contributed by atoms with Crippen molar-refractivity contribution in [2.45, 2.75) is 6.54 Å². The van der Waals surface area contributed by atoms with Gasteiger partial charge in [-0.3, -0.25) is 9.69 Å². The van der Waals surface area contributed by atoms with E-state index in [0.717, 1.165) is 4.90 Å². The summed E-state index contributed by atoms with van der Waals surface area (Å²) in [5.41, 5.74) is 1.42. The van der Waals surface area contributed by atoms with Crippen LogP contribution >= 0.6 is 15.9 Å². The molecule has 0 saturated carbocycles. The second-order valence-corrected chi connectivity index (χ2v) is 6.59. The molecule has 0 radical (unpaired) electrons. The van der Waals surface area contributed by atoms with Crippen molar-refractivity contribution in [2.75, 3.05) is 14.2 Å². The summed E-state index contributed by atoms with van der Waals surface area (Å²) in [5, 5.41) is 2.56. The van der Waals surface area contributed by atoms with Crippen LogP contribution in [-0.2, 0) is 11.3 Å². The number of imide groups is 1. The summed E-state index contributed by atoms with van der Waals surface area (Å²) in [6.07, 6.45) is 1.55. The van der Waals surface area contributed by atoms with Crippen LogP contribution < -0.4 is 14.8 Å². The van der Waals surface area contributed by atoms with E-state index in [1.165, 1.54) is 38.5 Å². The number of methoxy groups -OCH3 is 2. The molecule has 1 heterocycles. The van der Waals surface area contributed by atoms with Gasteiger partial charge in [0.2, 0.25) is 0 Å². The number of nitrogens with zero attached hydrogens (tertiary/aromatic N) is 1. The number of nitrogens with one attached hydrogen (secondary N) is 1. The number of rotatable bonds is 5. The van der Waals surface area contributed by atoms with Crippen LogP contribution in [0.2, 0.25) is 0 Å². The molecule has 1 fully saturated rings. The van der Waals surface area contributed by atoms with Crippen LogP contribution in [0.4, 0.5) is 9.18 Å². The van der Waals surface area contributed by atoms with Gasteiger partial charge in [-0.25, -0.2) is 9.18 Å². The van der Waals surface area contributed by atoms with Crippen LogP contribution in [-0.4, -0.2) is 31.1 Å². The van der Waals surface area contributed by atoms with E-state index in [0.29, 0.717) is 27.1 Å². The number of amides is 3. The second kappa shape index (κ2) is 7.79. The summed E-state index contributed by atoms with van der Waals surface area (Å²) in [5.74, 6) is 0.180. The van der Waals surface area contributed by atoms with E-state index in [1.807, 2.05) is 0 Å². The summed E-state index contributed by atoms with van der Waals surface area (Å²) < 4.78 is 24.2. The zero-order chi connectivity index (χ0) is 19.6. The number of carbonyl (C=O) groups is 2. The summed E-state index contributed by atoms with van der Waals surface area (Å²) in [6, 6.07) is 8.50. The molecule has 1 saturated heterocycles. The molecule has 3 amide bonds. The molecule has 6 nitrogen and oxygen atoms in total. The Hall–Kier alpha value is -2.87. The minimum absolute atomic E-state index is 0.0510. The zero-order valence-electron chi connectivity index (χ0n) is 14.6. The topological polar surface area (TPSA) is 67.9 Å². The molecule has 1 aliphatic heterocycles. The number of halogens is 2. The Balaban J connectivity index is 1.87. The van der Waals surface area contributed by atoms with Gasteiger partial charge in [-0.2, -0.15) is 0 Å². The Labute approximate surface area is 163 Å². The molecule has 140 valence electrons. The monoisotopic (exact) mass is 434 g/mol. The van der Waals surface area contributed by atoms with E-state index in [9.17, 15) is 14.0 Å². The molecule has 0 atom stereocenters. The summed E-state index contributed by atoms with van der Waals surface area (Å²) in [6.45, 7) is 0.0510. The molecular weight excluding hydrogens is 419 g/mol. The highest BCUT2D eigenvalue weighted by molar-refractivity contribution is 9.10. The van der Waals surface area contributed by atoms with Gasteiger partial charge in [0.1, 0.15) is 11.5 Å². The predicted octanol–water partition coefficient (Wildman–Crippen LogP) is 3.70. The van der Waals surface area contributed by atoms with Crippen LogP contribution in [0, 0.1) is 5.82 Å². The largest absolute Gasteiger partial charge is 0.493 e. The van der Waals surface area contributed by atoms with Gasteiger partial charge >= 0.3 is 6.03 Å². The maximum absolute atomic E-state index is 13.0. The summed E-state index contributed by atoms with van der Waals surface area (Å²) >= 11 is 3.42. The van der Waals surface area contributed by atoms with Gasteiger partial charge in [0.15, 0.2) is 11.5 Å². The fourth-order valence-corrected chi connectivity index (χ4v) is 3.06. The second-order valence-electron chi connectivity index (χ2n) is 5.73. The number of carbonyl (C=O) groups excluding carboxylic acids is 2. The molecule has 1 N–H and O–H groups in total. The van der Waals surface area contributed by atoms with E-state index in [1.54, 1.807) is 18.2 Å². The Morgan fingerprint density at radius 1 is 1.11 bits per heavy atom. The van der Waals surface area contributed by atoms with Gasteiger partial charge in [-0.1, -0.05) is 28.1 Å². The number of ether oxygens (including phenoxy) is 2. The van der Waals surface area contributed by atoms with Crippen molar-refractivity contribution in [1.82, 2.24) is 10.2 Å². The van der Waals surface area contributed by atoms with E-state index >= 15 is 0 Å². The van der Waals surface area contributed by atoms with Crippen molar-refractivity contribution in [2.24, 2.45) is 0 Å². The van der Waals surface area contributed by atoms with Crippen molar-refractivity contribution in [1.29, 1.82) is 0 Å². The maximum atomic E-state index is 13.0. The van der Waals surface area contributed by atoms with Gasteiger partial charge in [0.05, 0.1) is 20.8 Å². The molecule has 0 aliphatic carbocycles. The lowest BCUT2D eigenvalue weighted by atomic mass is 10.1. The van der Waals surface area contributed by atoms with Gasteiger partial charge in [-0.15, -0.1) is 0 Å². The third kappa shape index (κ3) is 3.95. The molecule has 0 spiro atoms. The molecule has 3 rings (SSSR count). The first kappa shape index (κ1) is 18.9. The first-order valence-electron chi connectivity index (χ1n) is 7.93. The van der Waals surface area contributed by atoms with Gasteiger partial charge < -0.3 is 14.8 Å². The maximum Gasteiger partial charge on any atom is 0.329 e. The molecule has 0 aromatic heterocycles. The fourth-order valence-electron chi connectivity index (χ4n) is 2.62. The van der Waals surface area contributed by atoms with Crippen LogP contribution in [0.25, 0.3) is 6.08 Å². The molecular formula is C19H16BrFN2O4. The lowest BCUT2D eigenvalue weighted by molar-refractivity contribution is -0.123. The van der Waals surface area contributed by atoms with Crippen LogP contribution in [0.5, 0.6) is 11.5 Å². The lowest BCUT2D eigenvalue weighted by Crippen LogP contribution is -2.30. The highest BCUT2D eigenvalue weighted by atomic mass is 79.9. The Morgan fingerprint density at radius 2 is 1.74 bits per heavy atom. The zero-order valence-corrected chi connectivity index (χ0v) is 16.2. The molecule has 8 heteroatoms. The highest BCUT2D eigenvalue weighted by Gasteiger charge is 2.33. The minimum Gasteiger partial charge on any atom is -0.493 e. The average molecular weight is 435 g/mol. The van der Waals surface area contributed by atoms with E-state index in [4.69, 9.17) is 9.47 Å². The lowest BCUT2D eigenvalue weighted by Gasteiger charge is -2.12. The van der Waals surface area contributed by atoms with Crippen LogP contribution in [0.3, 0.4) is 0 Å².